The molecule has 0 bridgehead atoms. The Hall–Kier alpha value is -3.03. The highest BCUT2D eigenvalue weighted by molar-refractivity contribution is 7.18. The SMILES string of the molecule is N#Cc1cncc(-c2ccc(-c3n[nH]nc3C#N)s2)c1. The van der Waals surface area contributed by atoms with Crippen LogP contribution in [-0.2, 0) is 0 Å². The first-order valence-corrected chi connectivity index (χ1v) is 6.40. The van der Waals surface area contributed by atoms with Gasteiger partial charge < -0.3 is 0 Å². The average molecular weight is 278 g/mol. The first kappa shape index (κ1) is 12.0. The molecule has 0 saturated carbocycles. The number of thiophene rings is 1. The molecule has 0 saturated heterocycles. The number of H-pyrrole nitrogens is 1. The molecular weight excluding hydrogens is 272 g/mol. The molecule has 0 amide bonds. The molecule has 3 aromatic heterocycles. The first-order chi connectivity index (χ1) is 9.81. The van der Waals surface area contributed by atoms with Crippen molar-refractivity contribution in [2.75, 3.05) is 0 Å². The van der Waals surface area contributed by atoms with Crippen molar-refractivity contribution in [3.05, 3.63) is 41.9 Å². The Labute approximate surface area is 118 Å². The zero-order chi connectivity index (χ0) is 13.9. The largest absolute Gasteiger partial charge is 0.263 e. The zero-order valence-electron chi connectivity index (χ0n) is 10.0. The molecule has 0 fully saturated rings. The Kier molecular flexibility index (Phi) is 2.96. The number of hydrogen-bond donors (Lipinski definition) is 1. The lowest BCUT2D eigenvalue weighted by Crippen LogP contribution is -1.80. The Bertz CT molecular complexity index is 848. The second-order valence-corrected chi connectivity index (χ2v) is 4.95. The second kappa shape index (κ2) is 4.92. The minimum Gasteiger partial charge on any atom is -0.263 e. The summed E-state index contributed by atoms with van der Waals surface area (Å²) in [5.74, 6) is 0. The van der Waals surface area contributed by atoms with E-state index in [9.17, 15) is 0 Å². The van der Waals surface area contributed by atoms with Crippen molar-refractivity contribution in [3.63, 3.8) is 0 Å². The van der Waals surface area contributed by atoms with Crippen LogP contribution >= 0.6 is 11.3 Å². The van der Waals surface area contributed by atoms with Gasteiger partial charge in [0, 0.05) is 22.8 Å². The first-order valence-electron chi connectivity index (χ1n) is 5.58. The van der Waals surface area contributed by atoms with Crippen LogP contribution in [0.4, 0.5) is 0 Å². The molecule has 0 aromatic carbocycles. The van der Waals surface area contributed by atoms with E-state index in [0.29, 0.717) is 11.3 Å². The molecule has 0 atom stereocenters. The van der Waals surface area contributed by atoms with Crippen LogP contribution in [0.1, 0.15) is 11.3 Å². The summed E-state index contributed by atoms with van der Waals surface area (Å²) in [6, 6.07) is 9.61. The lowest BCUT2D eigenvalue weighted by molar-refractivity contribution is 0.937. The fourth-order valence-electron chi connectivity index (χ4n) is 1.74. The van der Waals surface area contributed by atoms with Crippen molar-refractivity contribution in [3.8, 4) is 33.2 Å². The van der Waals surface area contributed by atoms with Crippen LogP contribution in [0, 0.1) is 22.7 Å². The van der Waals surface area contributed by atoms with Gasteiger partial charge in [-0.3, -0.25) is 4.98 Å². The Morgan fingerprint density at radius 2 is 1.90 bits per heavy atom. The lowest BCUT2D eigenvalue weighted by Gasteiger charge is -1.96. The normalized spacial score (nSPS) is 9.90. The van der Waals surface area contributed by atoms with Gasteiger partial charge in [0.2, 0.25) is 0 Å². The highest BCUT2D eigenvalue weighted by atomic mass is 32.1. The molecule has 0 unspecified atom stereocenters. The van der Waals surface area contributed by atoms with Gasteiger partial charge in [0.05, 0.1) is 10.4 Å². The molecule has 0 aliphatic rings. The van der Waals surface area contributed by atoms with Crippen molar-refractivity contribution >= 4 is 11.3 Å². The number of aromatic nitrogens is 4. The van der Waals surface area contributed by atoms with Crippen molar-refractivity contribution < 1.29 is 0 Å². The van der Waals surface area contributed by atoms with E-state index < -0.39 is 0 Å². The van der Waals surface area contributed by atoms with E-state index in [4.69, 9.17) is 10.5 Å². The topological polar surface area (TPSA) is 102 Å². The van der Waals surface area contributed by atoms with Crippen molar-refractivity contribution in [2.45, 2.75) is 0 Å². The van der Waals surface area contributed by atoms with E-state index in [2.05, 4.69) is 26.5 Å². The Morgan fingerprint density at radius 1 is 1.05 bits per heavy atom. The van der Waals surface area contributed by atoms with Crippen LogP contribution < -0.4 is 0 Å². The summed E-state index contributed by atoms with van der Waals surface area (Å²) in [6.45, 7) is 0. The fraction of sp³-hybridized carbons (Fsp3) is 0. The van der Waals surface area contributed by atoms with Gasteiger partial charge in [-0.15, -0.1) is 16.4 Å². The second-order valence-electron chi connectivity index (χ2n) is 3.87. The van der Waals surface area contributed by atoms with Crippen LogP contribution in [-0.4, -0.2) is 20.4 Å². The van der Waals surface area contributed by atoms with Crippen LogP contribution in [0.25, 0.3) is 21.0 Å². The van der Waals surface area contributed by atoms with Crippen molar-refractivity contribution in [1.82, 2.24) is 20.4 Å². The minimum absolute atomic E-state index is 0.266. The molecule has 0 radical (unpaired) electrons. The molecule has 6 nitrogen and oxygen atoms in total. The highest BCUT2D eigenvalue weighted by Crippen LogP contribution is 2.34. The molecule has 0 aliphatic heterocycles. The van der Waals surface area contributed by atoms with Crippen LogP contribution in [0.2, 0.25) is 0 Å². The third-order valence-corrected chi connectivity index (χ3v) is 3.79. The molecule has 7 heteroatoms. The zero-order valence-corrected chi connectivity index (χ0v) is 10.8. The smallest absolute Gasteiger partial charge is 0.191 e. The minimum atomic E-state index is 0.266. The fourth-order valence-corrected chi connectivity index (χ4v) is 2.71. The molecule has 0 aliphatic carbocycles. The summed E-state index contributed by atoms with van der Waals surface area (Å²) in [4.78, 5) is 5.83. The predicted molar refractivity (Wildman–Crippen MR) is 72.4 cm³/mol. The van der Waals surface area contributed by atoms with Gasteiger partial charge in [-0.2, -0.15) is 20.8 Å². The van der Waals surface area contributed by atoms with Gasteiger partial charge in [-0.05, 0) is 18.2 Å². The molecule has 3 rings (SSSR count). The maximum absolute atomic E-state index is 8.95. The summed E-state index contributed by atoms with van der Waals surface area (Å²) < 4.78 is 0. The van der Waals surface area contributed by atoms with E-state index in [-0.39, 0.29) is 5.69 Å². The summed E-state index contributed by atoms with van der Waals surface area (Å²) in [6.07, 6.45) is 3.22. The third-order valence-electron chi connectivity index (χ3n) is 2.65. The summed E-state index contributed by atoms with van der Waals surface area (Å²) >= 11 is 1.47. The van der Waals surface area contributed by atoms with Crippen molar-refractivity contribution in [2.24, 2.45) is 0 Å². The molecule has 0 spiro atoms. The number of aromatic amines is 1. The molecular formula is C13H6N6S. The molecule has 20 heavy (non-hydrogen) atoms. The van der Waals surface area contributed by atoms with Gasteiger partial charge in [0.25, 0.3) is 0 Å². The summed E-state index contributed by atoms with van der Waals surface area (Å²) in [5, 5.41) is 28.0. The summed E-state index contributed by atoms with van der Waals surface area (Å²) in [7, 11) is 0. The van der Waals surface area contributed by atoms with Gasteiger partial charge in [-0.25, -0.2) is 0 Å². The van der Waals surface area contributed by atoms with Crippen molar-refractivity contribution in [1.29, 1.82) is 10.5 Å². The number of nitrogens with one attached hydrogen (secondary N) is 1. The lowest BCUT2D eigenvalue weighted by atomic mass is 10.2. The number of hydrogen-bond acceptors (Lipinski definition) is 6. The quantitative estimate of drug-likeness (QED) is 0.775. The van der Waals surface area contributed by atoms with E-state index in [1.54, 1.807) is 12.3 Å². The predicted octanol–water partition coefficient (Wildman–Crippen LogP) is 2.34. The highest BCUT2D eigenvalue weighted by Gasteiger charge is 2.13. The van der Waals surface area contributed by atoms with E-state index in [1.807, 2.05) is 18.2 Å². The van der Waals surface area contributed by atoms with Gasteiger partial charge in [0.15, 0.2) is 5.69 Å². The molecule has 3 aromatic rings. The van der Waals surface area contributed by atoms with E-state index >= 15 is 0 Å². The van der Waals surface area contributed by atoms with Gasteiger partial charge in [-0.1, -0.05) is 0 Å². The molecule has 3 heterocycles. The van der Waals surface area contributed by atoms with Crippen LogP contribution in [0.15, 0.2) is 30.6 Å². The molecule has 1 N–H and O–H groups in total. The number of nitriles is 2. The number of nitrogens with zero attached hydrogens (tertiary/aromatic N) is 5. The number of pyridine rings is 1. The summed E-state index contributed by atoms with van der Waals surface area (Å²) in [5.41, 5.74) is 2.18. The monoisotopic (exact) mass is 278 g/mol. The van der Waals surface area contributed by atoms with Crippen LogP contribution in [0.3, 0.4) is 0 Å². The number of rotatable bonds is 2. The maximum Gasteiger partial charge on any atom is 0.191 e. The van der Waals surface area contributed by atoms with Crippen LogP contribution in [0.5, 0.6) is 0 Å². The average Bonchev–Trinajstić information content (AvgIpc) is 3.15. The van der Waals surface area contributed by atoms with Gasteiger partial charge >= 0.3 is 0 Å². The maximum atomic E-state index is 8.95. The van der Waals surface area contributed by atoms with E-state index in [0.717, 1.165) is 15.3 Å². The van der Waals surface area contributed by atoms with E-state index in [1.165, 1.54) is 17.5 Å². The van der Waals surface area contributed by atoms with Gasteiger partial charge in [0.1, 0.15) is 17.8 Å². The molecule has 94 valence electrons. The Morgan fingerprint density at radius 3 is 2.70 bits per heavy atom. The third kappa shape index (κ3) is 2.03. The Balaban J connectivity index is 2.03. The standard InChI is InChI=1S/C13H6N6S/c14-4-8-3-9(7-16-6-8)11-1-2-12(20-11)13-10(5-15)17-19-18-13/h1-3,6-7H,(H,17,18,19).